The second-order valence-corrected chi connectivity index (χ2v) is 5.63. The van der Waals surface area contributed by atoms with Gasteiger partial charge in [0.05, 0.1) is 6.61 Å². The van der Waals surface area contributed by atoms with Crippen LogP contribution in [0.2, 0.25) is 0 Å². The van der Waals surface area contributed by atoms with Crippen LogP contribution < -0.4 is 10.1 Å². The van der Waals surface area contributed by atoms with Gasteiger partial charge < -0.3 is 10.1 Å². The Bertz CT molecular complexity index is 409. The zero-order valence-electron chi connectivity index (χ0n) is 10.7. The van der Waals surface area contributed by atoms with Crippen molar-refractivity contribution in [1.82, 2.24) is 5.32 Å². The van der Waals surface area contributed by atoms with Gasteiger partial charge in [0.25, 0.3) is 0 Å². The Kier molecular flexibility index (Phi) is 2.83. The standard InChI is InChI=1S/C15H21NO/c1-10-7-14(8-10)16-11(2)12-3-4-15-13(9-12)5-6-17-15/h3-4,9-11,14,16H,5-8H2,1-2H3. The summed E-state index contributed by atoms with van der Waals surface area (Å²) in [7, 11) is 0. The van der Waals surface area contributed by atoms with E-state index in [2.05, 4.69) is 37.4 Å². The van der Waals surface area contributed by atoms with E-state index in [-0.39, 0.29) is 0 Å². The molecule has 0 saturated heterocycles. The predicted molar refractivity (Wildman–Crippen MR) is 69.4 cm³/mol. The molecule has 1 saturated carbocycles. The van der Waals surface area contributed by atoms with Crippen molar-refractivity contribution in [1.29, 1.82) is 0 Å². The molecule has 1 unspecified atom stereocenters. The highest BCUT2D eigenvalue weighted by Gasteiger charge is 2.26. The van der Waals surface area contributed by atoms with Crippen molar-refractivity contribution >= 4 is 0 Å². The first-order valence-corrected chi connectivity index (χ1v) is 6.74. The predicted octanol–water partition coefficient (Wildman–Crippen LogP) is 3.07. The molecule has 1 aliphatic heterocycles. The number of hydrogen-bond acceptors (Lipinski definition) is 2. The summed E-state index contributed by atoms with van der Waals surface area (Å²) in [5, 5.41) is 3.71. The summed E-state index contributed by atoms with van der Waals surface area (Å²) in [5.74, 6) is 1.99. The zero-order valence-corrected chi connectivity index (χ0v) is 10.7. The maximum atomic E-state index is 5.54. The normalized spacial score (nSPS) is 28.1. The van der Waals surface area contributed by atoms with E-state index in [0.29, 0.717) is 6.04 Å². The van der Waals surface area contributed by atoms with Gasteiger partial charge in [-0.1, -0.05) is 19.1 Å². The summed E-state index contributed by atoms with van der Waals surface area (Å²) in [6.45, 7) is 5.44. The summed E-state index contributed by atoms with van der Waals surface area (Å²) in [6.07, 6.45) is 3.73. The lowest BCUT2D eigenvalue weighted by Gasteiger charge is -2.35. The highest BCUT2D eigenvalue weighted by Crippen LogP contribution is 2.31. The Morgan fingerprint density at radius 3 is 2.94 bits per heavy atom. The molecule has 1 fully saturated rings. The molecule has 1 aromatic rings. The first-order chi connectivity index (χ1) is 8.22. The molecular weight excluding hydrogens is 210 g/mol. The minimum atomic E-state index is 0.457. The lowest BCUT2D eigenvalue weighted by atomic mass is 9.81. The highest BCUT2D eigenvalue weighted by molar-refractivity contribution is 5.40. The van der Waals surface area contributed by atoms with Crippen molar-refractivity contribution in [2.45, 2.75) is 45.2 Å². The van der Waals surface area contributed by atoms with Crippen LogP contribution in [0.5, 0.6) is 5.75 Å². The fourth-order valence-electron chi connectivity index (χ4n) is 2.96. The third kappa shape index (κ3) is 2.19. The number of ether oxygens (including phenoxy) is 1. The van der Waals surface area contributed by atoms with Gasteiger partial charge in [-0.25, -0.2) is 0 Å². The molecule has 1 aromatic carbocycles. The Morgan fingerprint density at radius 1 is 1.35 bits per heavy atom. The molecule has 0 amide bonds. The van der Waals surface area contributed by atoms with Crippen molar-refractivity contribution in [3.05, 3.63) is 29.3 Å². The molecule has 0 aromatic heterocycles. The van der Waals surface area contributed by atoms with Crippen molar-refractivity contribution in [2.75, 3.05) is 6.61 Å². The maximum absolute atomic E-state index is 5.54. The van der Waals surface area contributed by atoms with Gasteiger partial charge in [-0.2, -0.15) is 0 Å². The Hall–Kier alpha value is -1.02. The molecule has 0 spiro atoms. The number of fused-ring (bicyclic) bond motifs is 1. The lowest BCUT2D eigenvalue weighted by molar-refractivity contribution is 0.226. The molecule has 3 rings (SSSR count). The van der Waals surface area contributed by atoms with E-state index >= 15 is 0 Å². The molecule has 1 aliphatic carbocycles. The van der Waals surface area contributed by atoms with Crippen molar-refractivity contribution in [2.24, 2.45) is 5.92 Å². The van der Waals surface area contributed by atoms with Crippen LogP contribution in [-0.2, 0) is 6.42 Å². The number of nitrogens with one attached hydrogen (secondary N) is 1. The molecule has 2 aliphatic rings. The van der Waals surface area contributed by atoms with Gasteiger partial charge in [0.2, 0.25) is 0 Å². The quantitative estimate of drug-likeness (QED) is 0.863. The fraction of sp³-hybridized carbons (Fsp3) is 0.600. The Balaban J connectivity index is 1.67. The second-order valence-electron chi connectivity index (χ2n) is 5.63. The van der Waals surface area contributed by atoms with Gasteiger partial charge in [0.15, 0.2) is 0 Å². The van der Waals surface area contributed by atoms with Crippen LogP contribution >= 0.6 is 0 Å². The van der Waals surface area contributed by atoms with Gasteiger partial charge in [-0.15, -0.1) is 0 Å². The fourth-order valence-corrected chi connectivity index (χ4v) is 2.96. The first kappa shape index (κ1) is 11.1. The Labute approximate surface area is 103 Å². The third-order valence-corrected chi connectivity index (χ3v) is 4.07. The van der Waals surface area contributed by atoms with E-state index in [9.17, 15) is 0 Å². The van der Waals surface area contributed by atoms with Crippen LogP contribution in [0.3, 0.4) is 0 Å². The van der Waals surface area contributed by atoms with E-state index in [1.807, 2.05) is 0 Å². The van der Waals surface area contributed by atoms with Crippen LogP contribution in [0.15, 0.2) is 18.2 Å². The number of benzene rings is 1. The van der Waals surface area contributed by atoms with Gasteiger partial charge in [-0.05, 0) is 42.9 Å². The molecule has 1 heterocycles. The van der Waals surface area contributed by atoms with Gasteiger partial charge in [0.1, 0.15) is 5.75 Å². The molecule has 92 valence electrons. The molecular formula is C15H21NO. The summed E-state index contributed by atoms with van der Waals surface area (Å²) in [4.78, 5) is 0. The third-order valence-electron chi connectivity index (χ3n) is 4.07. The summed E-state index contributed by atoms with van der Waals surface area (Å²) >= 11 is 0. The summed E-state index contributed by atoms with van der Waals surface area (Å²) < 4.78 is 5.54. The van der Waals surface area contributed by atoms with Crippen molar-refractivity contribution in [3.8, 4) is 5.75 Å². The second kappa shape index (κ2) is 4.34. The molecule has 17 heavy (non-hydrogen) atoms. The maximum Gasteiger partial charge on any atom is 0.122 e. The molecule has 2 heteroatoms. The van der Waals surface area contributed by atoms with Crippen LogP contribution in [0.25, 0.3) is 0 Å². The minimum absolute atomic E-state index is 0.457. The van der Waals surface area contributed by atoms with E-state index in [4.69, 9.17) is 4.74 Å². The zero-order chi connectivity index (χ0) is 11.8. The number of hydrogen-bond donors (Lipinski definition) is 1. The highest BCUT2D eigenvalue weighted by atomic mass is 16.5. The summed E-state index contributed by atoms with van der Waals surface area (Å²) in [6, 6.07) is 7.81. The van der Waals surface area contributed by atoms with Crippen molar-refractivity contribution < 1.29 is 4.74 Å². The van der Waals surface area contributed by atoms with E-state index in [0.717, 1.165) is 30.7 Å². The summed E-state index contributed by atoms with van der Waals surface area (Å²) in [5.41, 5.74) is 2.77. The largest absolute Gasteiger partial charge is 0.493 e. The number of rotatable bonds is 3. The topological polar surface area (TPSA) is 21.3 Å². The van der Waals surface area contributed by atoms with Crippen molar-refractivity contribution in [3.63, 3.8) is 0 Å². The van der Waals surface area contributed by atoms with Gasteiger partial charge in [-0.3, -0.25) is 0 Å². The SMILES string of the molecule is CC1CC(NC(C)c2ccc3c(c2)CCO3)C1. The monoisotopic (exact) mass is 231 g/mol. The first-order valence-electron chi connectivity index (χ1n) is 6.74. The average Bonchev–Trinajstić information content (AvgIpc) is 2.73. The molecule has 2 nitrogen and oxygen atoms in total. The lowest BCUT2D eigenvalue weighted by Crippen LogP contribution is -2.41. The van der Waals surface area contributed by atoms with E-state index in [1.54, 1.807) is 0 Å². The smallest absolute Gasteiger partial charge is 0.122 e. The van der Waals surface area contributed by atoms with Crippen LogP contribution in [-0.4, -0.2) is 12.6 Å². The van der Waals surface area contributed by atoms with E-state index in [1.165, 1.54) is 24.0 Å². The minimum Gasteiger partial charge on any atom is -0.493 e. The van der Waals surface area contributed by atoms with Gasteiger partial charge in [0, 0.05) is 18.5 Å². The molecule has 1 N–H and O–H groups in total. The van der Waals surface area contributed by atoms with Gasteiger partial charge >= 0.3 is 0 Å². The van der Waals surface area contributed by atoms with E-state index < -0.39 is 0 Å². The van der Waals surface area contributed by atoms with Crippen LogP contribution in [0.4, 0.5) is 0 Å². The molecule has 1 atom stereocenters. The Morgan fingerprint density at radius 2 is 2.18 bits per heavy atom. The molecule has 0 radical (unpaired) electrons. The molecule has 0 bridgehead atoms. The average molecular weight is 231 g/mol. The van der Waals surface area contributed by atoms with Crippen LogP contribution in [0.1, 0.15) is 43.9 Å². The van der Waals surface area contributed by atoms with Crippen LogP contribution in [0, 0.1) is 5.92 Å².